The summed E-state index contributed by atoms with van der Waals surface area (Å²) in [6.45, 7) is 2.60. The molecule has 4 aromatic rings. The molecule has 13 atom stereocenters. The molecule has 0 amide bonds. The molecule has 72 heavy (non-hydrogen) atoms. The van der Waals surface area contributed by atoms with Gasteiger partial charge in [-0.05, 0) is 102 Å². The van der Waals surface area contributed by atoms with Gasteiger partial charge in [-0.1, -0.05) is 79.2 Å². The lowest BCUT2D eigenvalue weighted by atomic mass is 9.90. The summed E-state index contributed by atoms with van der Waals surface area (Å²) >= 11 is 12.8. The Morgan fingerprint density at radius 2 is 1.01 bits per heavy atom. The summed E-state index contributed by atoms with van der Waals surface area (Å²) in [5.41, 5.74) is 4.93. The SMILES string of the molecule is C.I.O=C(O)[C@@H]1CCCN1.OC[C@H]1O[C@@H](c2ccc(Cl)c(Cc3ccc(O[C@H]4CCOC4)cc3)c2)[C@H](O)[C@@H](O)[C@@H]1O.OC[C@H]1O[C@@H](c2ccc(Cl)c(Cc3ccc(O[C@H]4CCOC4)cc3)c2)[C@H](O)[C@@H](O)[C@@H]1O. The van der Waals surface area contributed by atoms with Crippen LogP contribution < -0.4 is 14.8 Å². The van der Waals surface area contributed by atoms with E-state index in [4.69, 9.17) is 56.7 Å². The summed E-state index contributed by atoms with van der Waals surface area (Å²) in [6.07, 6.45) is -7.13. The number of hydrogen-bond donors (Lipinski definition) is 10. The highest BCUT2D eigenvalue weighted by Gasteiger charge is 2.45. The van der Waals surface area contributed by atoms with Crippen molar-refractivity contribution in [2.45, 2.75) is 125 Å². The molecule has 5 heterocycles. The van der Waals surface area contributed by atoms with Crippen LogP contribution in [0.3, 0.4) is 0 Å². The fourth-order valence-electron chi connectivity index (χ4n) is 8.87. The van der Waals surface area contributed by atoms with Crippen molar-refractivity contribution in [3.8, 4) is 11.5 Å². The molecular formula is C52H68Cl2INO16. The lowest BCUT2D eigenvalue weighted by molar-refractivity contribution is -0.231. The molecule has 5 saturated heterocycles. The zero-order chi connectivity index (χ0) is 49.9. The smallest absolute Gasteiger partial charge is 0.320 e. The average Bonchev–Trinajstić information content (AvgIpc) is 4.20. The quantitative estimate of drug-likeness (QED) is 0.0837. The molecule has 398 valence electrons. The maximum atomic E-state index is 10.4. The van der Waals surface area contributed by atoms with Crippen LogP contribution >= 0.6 is 47.2 Å². The molecule has 4 aromatic carbocycles. The van der Waals surface area contributed by atoms with Gasteiger partial charge in [0, 0.05) is 22.9 Å². The second-order valence-electron chi connectivity index (χ2n) is 18.0. The first kappa shape index (κ1) is 59.6. The molecule has 0 aromatic heterocycles. The Hall–Kier alpha value is -3.26. The third-order valence-corrected chi connectivity index (χ3v) is 13.7. The van der Waals surface area contributed by atoms with Gasteiger partial charge in [0.2, 0.25) is 0 Å². The maximum absolute atomic E-state index is 10.4. The predicted molar refractivity (Wildman–Crippen MR) is 277 cm³/mol. The lowest BCUT2D eigenvalue weighted by Crippen LogP contribution is -2.55. The Labute approximate surface area is 446 Å². The van der Waals surface area contributed by atoms with E-state index in [1.54, 1.807) is 24.3 Å². The minimum Gasteiger partial charge on any atom is -0.488 e. The van der Waals surface area contributed by atoms with Gasteiger partial charge in [0.1, 0.15) is 90.8 Å². The molecule has 10 N–H and O–H groups in total. The molecule has 5 aliphatic heterocycles. The number of ether oxygens (including phenoxy) is 6. The number of rotatable bonds is 13. The Kier molecular flexibility index (Phi) is 23.7. The van der Waals surface area contributed by atoms with Crippen LogP contribution in [0.25, 0.3) is 0 Å². The van der Waals surface area contributed by atoms with Gasteiger partial charge in [0.15, 0.2) is 0 Å². The maximum Gasteiger partial charge on any atom is 0.320 e. The molecule has 0 radical (unpaired) electrons. The first-order valence-electron chi connectivity index (χ1n) is 23.5. The highest BCUT2D eigenvalue weighted by Crippen LogP contribution is 2.36. The van der Waals surface area contributed by atoms with Crippen LogP contribution in [0.4, 0.5) is 0 Å². The second kappa shape index (κ2) is 28.6. The van der Waals surface area contributed by atoms with E-state index in [1.165, 1.54) is 0 Å². The topological polar surface area (TPSA) is 267 Å². The van der Waals surface area contributed by atoms with E-state index < -0.39 is 80.2 Å². The molecule has 0 bridgehead atoms. The van der Waals surface area contributed by atoms with Gasteiger partial charge < -0.3 is 79.7 Å². The van der Waals surface area contributed by atoms with Crippen molar-refractivity contribution in [3.05, 3.63) is 128 Å². The van der Waals surface area contributed by atoms with Gasteiger partial charge in [-0.3, -0.25) is 4.79 Å². The van der Waals surface area contributed by atoms with Gasteiger partial charge in [0.25, 0.3) is 0 Å². The summed E-state index contributed by atoms with van der Waals surface area (Å²) in [6, 6.07) is 25.8. The number of aliphatic hydroxyl groups is 8. The van der Waals surface area contributed by atoms with Crippen LogP contribution in [0.15, 0.2) is 84.9 Å². The molecular weight excluding hydrogens is 1090 g/mol. The van der Waals surface area contributed by atoms with E-state index in [0.717, 1.165) is 79.2 Å². The zero-order valence-electron chi connectivity index (χ0n) is 38.8. The number of carboxylic acids is 1. The van der Waals surface area contributed by atoms with Crippen LogP contribution in [-0.4, -0.2) is 165 Å². The van der Waals surface area contributed by atoms with Crippen molar-refractivity contribution in [3.63, 3.8) is 0 Å². The molecule has 0 spiro atoms. The van der Waals surface area contributed by atoms with Gasteiger partial charge in [-0.25, -0.2) is 0 Å². The summed E-state index contributed by atoms with van der Waals surface area (Å²) in [4.78, 5) is 10.1. The molecule has 5 fully saturated rings. The molecule has 5 aliphatic rings. The normalized spacial score (nSPS) is 29.8. The standard InChI is InChI=1S/2C23H27ClO7.C5H9NO2.CH4.HI/c2*24-18-6-3-14(23-22(28)21(27)20(26)19(11-25)31-23)10-15(18)9-13-1-4-16(5-2-13)30-17-7-8-29-12-17;7-5(8)4-2-1-3-6-4;;/h2*1-6,10,17,19-23,25-28H,7-9,11-12H2;4,6H,1-3H2,(H,7,8);1H4;1H/t2*17-,19+,20+,21-,22+,23-;4-;;/m000../s1. The summed E-state index contributed by atoms with van der Waals surface area (Å²) in [7, 11) is 0. The molecule has 9 rings (SSSR count). The van der Waals surface area contributed by atoms with Gasteiger partial charge in [0.05, 0.1) is 39.6 Å². The fourth-order valence-corrected chi connectivity index (χ4v) is 9.24. The monoisotopic (exact) mass is 1160 g/mol. The highest BCUT2D eigenvalue weighted by atomic mass is 127. The molecule has 17 nitrogen and oxygen atoms in total. The predicted octanol–water partition coefficient (Wildman–Crippen LogP) is 4.30. The van der Waals surface area contributed by atoms with Gasteiger partial charge in [-0.2, -0.15) is 0 Å². The average molecular weight is 1160 g/mol. The van der Waals surface area contributed by atoms with E-state index in [-0.39, 0.29) is 49.7 Å². The van der Waals surface area contributed by atoms with Crippen molar-refractivity contribution < 1.29 is 79.2 Å². The minimum absolute atomic E-state index is 0. The third-order valence-electron chi connectivity index (χ3n) is 13.0. The number of halogens is 3. The van der Waals surface area contributed by atoms with E-state index in [1.807, 2.05) is 60.7 Å². The van der Waals surface area contributed by atoms with E-state index in [9.17, 15) is 45.6 Å². The van der Waals surface area contributed by atoms with Crippen LogP contribution in [-0.2, 0) is 36.6 Å². The fraction of sp³-hybridized carbons (Fsp3) is 0.519. The van der Waals surface area contributed by atoms with Crippen LogP contribution in [0, 0.1) is 0 Å². The number of aliphatic hydroxyl groups excluding tert-OH is 8. The summed E-state index contributed by atoms with van der Waals surface area (Å²) in [5.74, 6) is 0.864. The first-order chi connectivity index (χ1) is 33.7. The summed E-state index contributed by atoms with van der Waals surface area (Å²) < 4.78 is 33.8. The van der Waals surface area contributed by atoms with Crippen LogP contribution in [0.2, 0.25) is 10.0 Å². The molecule has 0 aliphatic carbocycles. The van der Waals surface area contributed by atoms with Gasteiger partial charge in [-0.15, -0.1) is 24.0 Å². The van der Waals surface area contributed by atoms with E-state index in [2.05, 4.69) is 5.32 Å². The van der Waals surface area contributed by atoms with Crippen molar-refractivity contribution >= 4 is 53.1 Å². The van der Waals surface area contributed by atoms with E-state index >= 15 is 0 Å². The number of hydrogen-bond acceptors (Lipinski definition) is 16. The van der Waals surface area contributed by atoms with Crippen molar-refractivity contribution in [2.24, 2.45) is 0 Å². The molecule has 20 heteroatoms. The molecule has 0 unspecified atom stereocenters. The van der Waals surface area contributed by atoms with Crippen molar-refractivity contribution in [1.29, 1.82) is 0 Å². The lowest BCUT2D eigenvalue weighted by Gasteiger charge is -2.40. The van der Waals surface area contributed by atoms with Crippen molar-refractivity contribution in [2.75, 3.05) is 46.2 Å². The third kappa shape index (κ3) is 15.7. The minimum atomic E-state index is -1.42. The second-order valence-corrected chi connectivity index (χ2v) is 18.9. The highest BCUT2D eigenvalue weighted by molar-refractivity contribution is 14.0. The zero-order valence-corrected chi connectivity index (χ0v) is 42.7. The Balaban J connectivity index is 0.000000226. The number of aliphatic carboxylic acids is 1. The first-order valence-corrected chi connectivity index (χ1v) is 24.3. The number of carboxylic acid groups (broad SMARTS) is 1. The van der Waals surface area contributed by atoms with Gasteiger partial charge >= 0.3 is 5.97 Å². The van der Waals surface area contributed by atoms with Crippen LogP contribution in [0.5, 0.6) is 11.5 Å². The Morgan fingerprint density at radius 3 is 1.33 bits per heavy atom. The summed E-state index contributed by atoms with van der Waals surface area (Å²) in [5, 5.41) is 92.1. The Morgan fingerprint density at radius 1 is 0.597 bits per heavy atom. The molecule has 0 saturated carbocycles. The largest absolute Gasteiger partial charge is 0.488 e. The number of nitrogens with one attached hydrogen (secondary N) is 1. The number of benzene rings is 4. The van der Waals surface area contributed by atoms with Crippen molar-refractivity contribution in [1.82, 2.24) is 5.32 Å². The Bertz CT molecular complexity index is 2120. The van der Waals surface area contributed by atoms with E-state index in [0.29, 0.717) is 47.2 Å². The van der Waals surface area contributed by atoms with Crippen LogP contribution in [0.1, 0.15) is 78.7 Å². The number of carbonyl (C=O) groups is 1.